The summed E-state index contributed by atoms with van der Waals surface area (Å²) in [6.45, 7) is 4.66. The second-order valence-electron chi connectivity index (χ2n) is 5.95. The summed E-state index contributed by atoms with van der Waals surface area (Å²) in [5.41, 5.74) is 0.715. The molecule has 2 aromatic rings. The van der Waals surface area contributed by atoms with Crippen LogP contribution in [-0.2, 0) is 0 Å². The Kier molecular flexibility index (Phi) is 6.09. The maximum Gasteiger partial charge on any atom is 0.273 e. The highest BCUT2D eigenvalue weighted by Crippen LogP contribution is 2.29. The first-order valence-corrected chi connectivity index (χ1v) is 8.15. The number of carbonyl (C=O) groups excluding carboxylic acids is 1. The van der Waals surface area contributed by atoms with E-state index in [1.807, 2.05) is 13.8 Å². The molecule has 0 aliphatic carbocycles. The molecule has 0 aliphatic rings. The Morgan fingerprint density at radius 2 is 1.96 bits per heavy atom. The maximum atomic E-state index is 12.9. The number of aromatic nitrogens is 1. The van der Waals surface area contributed by atoms with Gasteiger partial charge in [0, 0.05) is 24.8 Å². The van der Waals surface area contributed by atoms with E-state index in [-0.39, 0.29) is 29.4 Å². The van der Waals surface area contributed by atoms with Crippen LogP contribution in [0.2, 0.25) is 0 Å². The fraction of sp³-hybridized carbons (Fsp3) is 0.444. The molecule has 0 radical (unpaired) electrons. The highest BCUT2D eigenvalue weighted by Gasteiger charge is 2.27. The predicted molar refractivity (Wildman–Crippen MR) is 88.9 cm³/mol. The molecule has 1 heterocycles. The highest BCUT2D eigenvalue weighted by molar-refractivity contribution is 5.93. The van der Waals surface area contributed by atoms with Crippen molar-refractivity contribution in [2.75, 3.05) is 13.2 Å². The van der Waals surface area contributed by atoms with Gasteiger partial charge in [0.1, 0.15) is 5.82 Å². The van der Waals surface area contributed by atoms with Crippen LogP contribution in [0, 0.1) is 11.2 Å². The van der Waals surface area contributed by atoms with Gasteiger partial charge < -0.3 is 14.9 Å². The molecular formula is C18H23FN2O3. The molecule has 0 spiro atoms. The number of aliphatic hydroxyl groups excluding tert-OH is 1. The van der Waals surface area contributed by atoms with Crippen LogP contribution in [0.4, 0.5) is 4.39 Å². The molecular weight excluding hydrogens is 311 g/mol. The first kappa shape index (κ1) is 18.1. The molecule has 0 aliphatic heterocycles. The van der Waals surface area contributed by atoms with Crippen molar-refractivity contribution < 1.29 is 18.8 Å². The number of aliphatic hydroxyl groups is 1. The van der Waals surface area contributed by atoms with Crippen LogP contribution < -0.4 is 5.32 Å². The van der Waals surface area contributed by atoms with E-state index in [0.717, 1.165) is 12.8 Å². The average Bonchev–Trinajstić information content (AvgIpc) is 3.09. The Balaban J connectivity index is 2.04. The monoisotopic (exact) mass is 334 g/mol. The number of halogens is 1. The van der Waals surface area contributed by atoms with Crippen molar-refractivity contribution in [1.82, 2.24) is 10.5 Å². The maximum absolute atomic E-state index is 12.9. The Labute approximate surface area is 140 Å². The predicted octanol–water partition coefficient (Wildman–Crippen LogP) is 3.40. The Bertz CT molecular complexity index is 663. The highest BCUT2D eigenvalue weighted by atomic mass is 19.1. The van der Waals surface area contributed by atoms with E-state index in [1.54, 1.807) is 12.1 Å². The first-order valence-electron chi connectivity index (χ1n) is 8.15. The zero-order valence-corrected chi connectivity index (χ0v) is 14.0. The van der Waals surface area contributed by atoms with Gasteiger partial charge in [0.25, 0.3) is 5.91 Å². The quantitative estimate of drug-likeness (QED) is 0.776. The Morgan fingerprint density at radius 1 is 1.29 bits per heavy atom. The van der Waals surface area contributed by atoms with Crippen LogP contribution in [0.3, 0.4) is 0 Å². The van der Waals surface area contributed by atoms with E-state index in [9.17, 15) is 14.3 Å². The second kappa shape index (κ2) is 8.06. The summed E-state index contributed by atoms with van der Waals surface area (Å²) >= 11 is 0. The van der Waals surface area contributed by atoms with E-state index in [4.69, 9.17) is 4.52 Å². The summed E-state index contributed by atoms with van der Waals surface area (Å²) < 4.78 is 18.1. The SMILES string of the molecule is CCC(CC)(CCO)CNC(=O)c1cc(-c2ccc(F)cc2)on1. The summed E-state index contributed by atoms with van der Waals surface area (Å²) in [5.74, 6) is -0.250. The molecule has 1 aromatic carbocycles. The lowest BCUT2D eigenvalue weighted by molar-refractivity contribution is 0.0898. The standard InChI is InChI=1S/C18H23FN2O3/c1-3-18(4-2,9-10-22)12-20-17(23)15-11-16(24-21-15)13-5-7-14(19)8-6-13/h5-8,11,22H,3-4,9-10,12H2,1-2H3,(H,20,23). The third-order valence-electron chi connectivity index (χ3n) is 4.64. The molecule has 2 N–H and O–H groups in total. The van der Waals surface area contributed by atoms with E-state index in [2.05, 4.69) is 10.5 Å². The second-order valence-corrected chi connectivity index (χ2v) is 5.95. The summed E-state index contributed by atoms with van der Waals surface area (Å²) in [6.07, 6.45) is 2.37. The zero-order valence-electron chi connectivity index (χ0n) is 14.0. The number of amides is 1. The van der Waals surface area contributed by atoms with E-state index in [0.29, 0.717) is 24.3 Å². The van der Waals surface area contributed by atoms with Gasteiger partial charge >= 0.3 is 0 Å². The normalized spacial score (nSPS) is 11.5. The summed E-state index contributed by atoms with van der Waals surface area (Å²) in [6, 6.07) is 7.32. The van der Waals surface area contributed by atoms with Gasteiger partial charge in [-0.05, 0) is 48.9 Å². The molecule has 1 aromatic heterocycles. The van der Waals surface area contributed by atoms with Crippen LogP contribution in [0.15, 0.2) is 34.9 Å². The van der Waals surface area contributed by atoms with Crippen molar-refractivity contribution in [1.29, 1.82) is 0 Å². The Hall–Kier alpha value is -2.21. The van der Waals surface area contributed by atoms with Gasteiger partial charge in [-0.15, -0.1) is 0 Å². The summed E-state index contributed by atoms with van der Waals surface area (Å²) in [7, 11) is 0. The van der Waals surface area contributed by atoms with Crippen LogP contribution >= 0.6 is 0 Å². The number of hydrogen-bond acceptors (Lipinski definition) is 4. The number of benzene rings is 1. The molecule has 0 saturated carbocycles. The van der Waals surface area contributed by atoms with Gasteiger partial charge in [-0.2, -0.15) is 0 Å². The molecule has 0 fully saturated rings. The van der Waals surface area contributed by atoms with Gasteiger partial charge in [0.2, 0.25) is 0 Å². The molecule has 1 amide bonds. The molecule has 2 rings (SSSR count). The van der Waals surface area contributed by atoms with E-state index in [1.165, 1.54) is 18.2 Å². The zero-order chi connectivity index (χ0) is 17.6. The summed E-state index contributed by atoms with van der Waals surface area (Å²) in [4.78, 5) is 12.3. The van der Waals surface area contributed by atoms with Crippen molar-refractivity contribution >= 4 is 5.91 Å². The molecule has 0 bridgehead atoms. The molecule has 0 unspecified atom stereocenters. The lowest BCUT2D eigenvalue weighted by atomic mass is 9.79. The Morgan fingerprint density at radius 3 is 2.54 bits per heavy atom. The minimum Gasteiger partial charge on any atom is -0.396 e. The smallest absolute Gasteiger partial charge is 0.273 e. The van der Waals surface area contributed by atoms with Gasteiger partial charge in [-0.25, -0.2) is 4.39 Å². The van der Waals surface area contributed by atoms with E-state index < -0.39 is 0 Å². The number of nitrogens with zero attached hydrogens (tertiary/aromatic N) is 1. The first-order chi connectivity index (χ1) is 11.5. The minimum atomic E-state index is -0.337. The van der Waals surface area contributed by atoms with Crippen molar-refractivity contribution in [3.05, 3.63) is 41.8 Å². The largest absolute Gasteiger partial charge is 0.396 e. The molecule has 130 valence electrons. The number of carbonyl (C=O) groups is 1. The van der Waals surface area contributed by atoms with Gasteiger partial charge in [-0.3, -0.25) is 4.79 Å². The number of nitrogens with one attached hydrogen (secondary N) is 1. The van der Waals surface area contributed by atoms with Gasteiger partial charge in [-0.1, -0.05) is 19.0 Å². The topological polar surface area (TPSA) is 75.4 Å². The average molecular weight is 334 g/mol. The minimum absolute atomic E-state index is 0.0935. The molecule has 0 atom stereocenters. The molecule has 5 nitrogen and oxygen atoms in total. The van der Waals surface area contributed by atoms with Crippen LogP contribution in [0.5, 0.6) is 0 Å². The molecule has 24 heavy (non-hydrogen) atoms. The summed E-state index contributed by atoms with van der Waals surface area (Å²) in [5, 5.41) is 15.9. The van der Waals surface area contributed by atoms with E-state index >= 15 is 0 Å². The van der Waals surface area contributed by atoms with Gasteiger partial charge in [0.05, 0.1) is 0 Å². The molecule has 6 heteroatoms. The van der Waals surface area contributed by atoms with Crippen molar-refractivity contribution in [3.8, 4) is 11.3 Å². The number of hydrogen-bond donors (Lipinski definition) is 2. The van der Waals surface area contributed by atoms with Crippen molar-refractivity contribution in [3.63, 3.8) is 0 Å². The van der Waals surface area contributed by atoms with Crippen molar-refractivity contribution in [2.24, 2.45) is 5.41 Å². The lowest BCUT2D eigenvalue weighted by Crippen LogP contribution is -2.37. The third-order valence-corrected chi connectivity index (χ3v) is 4.64. The van der Waals surface area contributed by atoms with Gasteiger partial charge in [0.15, 0.2) is 11.5 Å². The third kappa shape index (κ3) is 4.20. The van der Waals surface area contributed by atoms with Crippen LogP contribution in [0.1, 0.15) is 43.6 Å². The van der Waals surface area contributed by atoms with Crippen molar-refractivity contribution in [2.45, 2.75) is 33.1 Å². The molecule has 0 saturated heterocycles. The number of rotatable bonds is 8. The fourth-order valence-corrected chi connectivity index (χ4v) is 2.67. The lowest BCUT2D eigenvalue weighted by Gasteiger charge is -2.31. The van der Waals surface area contributed by atoms with Crippen LogP contribution in [-0.4, -0.2) is 29.3 Å². The fourth-order valence-electron chi connectivity index (χ4n) is 2.67. The van der Waals surface area contributed by atoms with Crippen LogP contribution in [0.25, 0.3) is 11.3 Å².